The van der Waals surface area contributed by atoms with Gasteiger partial charge in [0.05, 0.1) is 40.0 Å². The summed E-state index contributed by atoms with van der Waals surface area (Å²) in [5, 5.41) is 11.8. The average molecular weight is 870 g/mol. The number of benzene rings is 3. The van der Waals surface area contributed by atoms with E-state index in [0.717, 1.165) is 16.7 Å². The Labute approximate surface area is 361 Å². The first-order chi connectivity index (χ1) is 29.4. The lowest BCUT2D eigenvalue weighted by atomic mass is 9.80. The number of imidazole rings is 1. The molecule has 0 spiro atoms. The van der Waals surface area contributed by atoms with Gasteiger partial charge in [-0.05, 0) is 59.1 Å². The van der Waals surface area contributed by atoms with Gasteiger partial charge in [-0.3, -0.25) is 34.0 Å². The number of amides is 1. The number of nitrogens with one attached hydrogen (secondary N) is 2. The molecule has 0 aliphatic carbocycles. The van der Waals surface area contributed by atoms with Gasteiger partial charge in [0.1, 0.15) is 29.3 Å². The summed E-state index contributed by atoms with van der Waals surface area (Å²) in [4.78, 5) is 62.9. The monoisotopic (exact) mass is 869 g/mol. The van der Waals surface area contributed by atoms with Crippen LogP contribution in [0.2, 0.25) is 18.1 Å². The van der Waals surface area contributed by atoms with Crippen LogP contribution in [0.1, 0.15) is 70.4 Å². The molecule has 3 N–H and O–H groups in total. The minimum absolute atomic E-state index is 0.0287. The van der Waals surface area contributed by atoms with Crippen LogP contribution in [0.3, 0.4) is 0 Å². The summed E-state index contributed by atoms with van der Waals surface area (Å²) in [6.07, 6.45) is -3.86. The topological polar surface area (TPSA) is 202 Å². The van der Waals surface area contributed by atoms with E-state index in [-0.39, 0.29) is 34.7 Å². The van der Waals surface area contributed by atoms with Crippen LogP contribution >= 0.6 is 0 Å². The van der Waals surface area contributed by atoms with Crippen molar-refractivity contribution in [2.45, 2.75) is 95.7 Å². The molecule has 0 bridgehead atoms. The molecule has 3 aromatic carbocycles. The highest BCUT2D eigenvalue weighted by Gasteiger charge is 2.54. The van der Waals surface area contributed by atoms with Crippen LogP contribution in [0.15, 0.2) is 90.0 Å². The fraction of sp³-hybridized carbons (Fsp3) is 0.422. The second-order valence-corrected chi connectivity index (χ2v) is 21.7. The highest BCUT2D eigenvalue weighted by molar-refractivity contribution is 6.74. The number of carbonyl (C=O) groups is 3. The number of rotatable bonds is 17. The number of hydrogen-bond acceptors (Lipinski definition) is 12. The number of anilines is 1. The van der Waals surface area contributed by atoms with Crippen molar-refractivity contribution >= 4 is 43.3 Å². The molecule has 16 nitrogen and oxygen atoms in total. The van der Waals surface area contributed by atoms with Crippen LogP contribution in [0, 0.1) is 5.92 Å². The Morgan fingerprint density at radius 1 is 0.887 bits per heavy atom. The highest BCUT2D eigenvalue weighted by Crippen LogP contribution is 2.46. The van der Waals surface area contributed by atoms with E-state index in [1.165, 1.54) is 10.9 Å². The number of fused-ring (bicyclic) bond motifs is 1. The number of aliphatic carboxylic acids is 1. The molecule has 6 rings (SSSR count). The molecule has 1 aliphatic heterocycles. The quantitative estimate of drug-likeness (QED) is 0.0501. The number of nitrogens with zero attached hydrogens (tertiary/aromatic N) is 3. The van der Waals surface area contributed by atoms with Gasteiger partial charge in [0.15, 0.2) is 31.8 Å². The minimum Gasteiger partial charge on any atom is -0.497 e. The zero-order chi connectivity index (χ0) is 45.0. The minimum atomic E-state index is -2.75. The lowest BCUT2D eigenvalue weighted by Crippen LogP contribution is -2.50. The molecule has 1 fully saturated rings. The zero-order valence-corrected chi connectivity index (χ0v) is 37.5. The van der Waals surface area contributed by atoms with Gasteiger partial charge in [-0.15, -0.1) is 0 Å². The molecule has 17 heteroatoms. The van der Waals surface area contributed by atoms with Gasteiger partial charge in [0.2, 0.25) is 11.9 Å². The van der Waals surface area contributed by atoms with E-state index in [9.17, 15) is 24.3 Å². The molecule has 0 saturated carbocycles. The maximum Gasteiger partial charge on any atom is 0.306 e. The third-order valence-electron chi connectivity index (χ3n) is 11.4. The normalized spacial score (nSPS) is 18.2. The molecule has 0 unspecified atom stereocenters. The van der Waals surface area contributed by atoms with E-state index < -0.39 is 74.7 Å². The van der Waals surface area contributed by atoms with E-state index >= 15 is 0 Å². The van der Waals surface area contributed by atoms with Gasteiger partial charge in [-0.1, -0.05) is 89.2 Å². The van der Waals surface area contributed by atoms with Gasteiger partial charge < -0.3 is 33.2 Å². The lowest BCUT2D eigenvalue weighted by molar-refractivity contribution is -0.160. The maximum absolute atomic E-state index is 13.6. The highest BCUT2D eigenvalue weighted by atomic mass is 28.4. The fourth-order valence-electron chi connectivity index (χ4n) is 6.98. The SMILES string of the molecule is COc1ccc(C(OC[C@H]2O[C@@H](n3cnc4c(=O)[nH]c(NC(=O)C(C)C)nc43)[C@H](O[Si](C)(C)C(C)(C)C)[C@@H]2OC(=O)CCC(=O)O)(c2ccccc2)c2ccc(OC)cc2)cc1. The summed E-state index contributed by atoms with van der Waals surface area (Å²) >= 11 is 0. The number of hydrogen-bond donors (Lipinski definition) is 3. The van der Waals surface area contributed by atoms with Crippen LogP contribution in [-0.4, -0.2) is 89.9 Å². The van der Waals surface area contributed by atoms with Crippen LogP contribution in [0.4, 0.5) is 5.95 Å². The van der Waals surface area contributed by atoms with Gasteiger partial charge in [-0.25, -0.2) is 4.98 Å². The van der Waals surface area contributed by atoms with Crippen LogP contribution in [-0.2, 0) is 38.6 Å². The Hall–Kier alpha value is -5.88. The van der Waals surface area contributed by atoms with E-state index in [4.69, 9.17) is 28.1 Å². The molecule has 62 heavy (non-hydrogen) atoms. The molecule has 1 saturated heterocycles. The van der Waals surface area contributed by atoms with E-state index in [1.54, 1.807) is 28.1 Å². The van der Waals surface area contributed by atoms with Gasteiger partial charge in [0, 0.05) is 5.92 Å². The number of ether oxygens (including phenoxy) is 5. The van der Waals surface area contributed by atoms with Crippen molar-refractivity contribution in [3.05, 3.63) is 112 Å². The predicted octanol–water partition coefficient (Wildman–Crippen LogP) is 6.80. The summed E-state index contributed by atoms with van der Waals surface area (Å²) in [6.45, 7) is 13.5. The molecule has 3 heterocycles. The van der Waals surface area contributed by atoms with Gasteiger partial charge in [-0.2, -0.15) is 4.98 Å². The molecular formula is C45H55N5O11Si. The molecule has 5 aromatic rings. The van der Waals surface area contributed by atoms with Crippen molar-refractivity contribution in [3.63, 3.8) is 0 Å². The number of carbonyl (C=O) groups excluding carboxylic acids is 2. The van der Waals surface area contributed by atoms with Crippen molar-refractivity contribution in [1.82, 2.24) is 19.5 Å². The lowest BCUT2D eigenvalue weighted by Gasteiger charge is -2.40. The summed E-state index contributed by atoms with van der Waals surface area (Å²) < 4.78 is 40.1. The van der Waals surface area contributed by atoms with Crippen molar-refractivity contribution < 1.29 is 47.6 Å². The number of aromatic amines is 1. The predicted molar refractivity (Wildman–Crippen MR) is 233 cm³/mol. The largest absolute Gasteiger partial charge is 0.497 e. The number of aromatic nitrogens is 4. The van der Waals surface area contributed by atoms with Crippen LogP contribution < -0.4 is 20.3 Å². The van der Waals surface area contributed by atoms with Crippen molar-refractivity contribution in [2.75, 3.05) is 26.1 Å². The first kappa shape index (κ1) is 45.6. The molecule has 330 valence electrons. The van der Waals surface area contributed by atoms with Gasteiger partial charge >= 0.3 is 11.9 Å². The third kappa shape index (κ3) is 9.60. The number of carboxylic acids is 1. The number of H-pyrrole nitrogens is 1. The molecule has 0 radical (unpaired) electrons. The standard InChI is InChI=1S/C45H55N5O11Si/c1-27(2)40(54)48-43-47-39-36(41(55)49-43)46-26-50(39)42-38(61-62(8,9)44(3,4)5)37(60-35(53)24-23-34(51)52)33(59-42)25-58-45(28-13-11-10-12-14-28,29-15-19-31(56-6)20-16-29)30-17-21-32(57-7)22-18-30/h10-22,26-27,33,37-38,42H,23-25H2,1-9H3,(H,51,52)(H2,47,48,49,54,55)/t33-,37-,38-,42-/m1/s1. The fourth-order valence-corrected chi connectivity index (χ4v) is 8.27. The Morgan fingerprint density at radius 3 is 2.00 bits per heavy atom. The zero-order valence-electron chi connectivity index (χ0n) is 36.5. The van der Waals surface area contributed by atoms with E-state index in [0.29, 0.717) is 11.5 Å². The summed E-state index contributed by atoms with van der Waals surface area (Å²) in [6, 6.07) is 24.7. The molecule has 1 amide bonds. The number of methoxy groups -OCH3 is 2. The van der Waals surface area contributed by atoms with Gasteiger partial charge in [0.25, 0.3) is 5.56 Å². The Balaban J connectivity index is 1.52. The summed E-state index contributed by atoms with van der Waals surface area (Å²) in [5.74, 6) is -1.53. The Kier molecular flexibility index (Phi) is 13.7. The second kappa shape index (κ2) is 18.6. The van der Waals surface area contributed by atoms with Crippen LogP contribution in [0.25, 0.3) is 11.2 Å². The average Bonchev–Trinajstić information content (AvgIpc) is 3.81. The van der Waals surface area contributed by atoms with Crippen LogP contribution in [0.5, 0.6) is 11.5 Å². The van der Waals surface area contributed by atoms with Crippen molar-refractivity contribution in [1.29, 1.82) is 0 Å². The van der Waals surface area contributed by atoms with Crippen molar-refractivity contribution in [3.8, 4) is 11.5 Å². The number of esters is 1. The summed E-state index contributed by atoms with van der Waals surface area (Å²) in [5.41, 5.74) is 0.411. The number of carboxylic acid groups (broad SMARTS) is 1. The first-order valence-electron chi connectivity index (χ1n) is 20.4. The molecular weight excluding hydrogens is 815 g/mol. The second-order valence-electron chi connectivity index (χ2n) is 17.0. The molecule has 2 aromatic heterocycles. The Bertz CT molecular complexity index is 2360. The van der Waals surface area contributed by atoms with E-state index in [2.05, 4.69) is 41.0 Å². The molecule has 4 atom stereocenters. The smallest absolute Gasteiger partial charge is 0.306 e. The van der Waals surface area contributed by atoms with Crippen molar-refractivity contribution in [2.24, 2.45) is 5.92 Å². The maximum atomic E-state index is 13.6. The molecule has 1 aliphatic rings. The summed E-state index contributed by atoms with van der Waals surface area (Å²) in [7, 11) is 0.425. The third-order valence-corrected chi connectivity index (χ3v) is 15.9. The first-order valence-corrected chi connectivity index (χ1v) is 23.3. The van der Waals surface area contributed by atoms with E-state index in [1.807, 2.05) is 92.0 Å². The Morgan fingerprint density at radius 2 is 1.47 bits per heavy atom.